The fraction of sp³-hybridized carbons (Fsp3) is 0.333. The van der Waals surface area contributed by atoms with E-state index < -0.39 is 0 Å². The molecule has 0 atom stereocenters. The molecular weight excluding hydrogens is 387 g/mol. The molecule has 0 aliphatic carbocycles. The molecule has 0 radical (unpaired) electrons. The van der Waals surface area contributed by atoms with E-state index in [1.165, 1.54) is 0 Å². The van der Waals surface area contributed by atoms with Gasteiger partial charge in [-0.2, -0.15) is 0 Å². The highest BCUT2D eigenvalue weighted by Crippen LogP contribution is 2.24. The molecule has 106 valence electrons. The average molecular weight is 403 g/mol. The van der Waals surface area contributed by atoms with Crippen LogP contribution in [0.3, 0.4) is 0 Å². The van der Waals surface area contributed by atoms with Crippen molar-refractivity contribution in [3.8, 4) is 0 Å². The van der Waals surface area contributed by atoms with Crippen LogP contribution >= 0.6 is 34.2 Å². The molecule has 20 heavy (non-hydrogen) atoms. The van der Waals surface area contributed by atoms with E-state index in [2.05, 4.69) is 53.3 Å². The second kappa shape index (κ2) is 5.85. The predicted octanol–water partition coefficient (Wildman–Crippen LogP) is 3.92. The van der Waals surface area contributed by atoms with E-state index in [1.54, 1.807) is 0 Å². The number of H-pyrrole nitrogens is 1. The Labute approximate surface area is 136 Å². The normalized spacial score (nSPS) is 11.7. The molecule has 2 aromatic rings. The zero-order valence-corrected chi connectivity index (χ0v) is 14.5. The lowest BCUT2D eigenvalue weighted by Crippen LogP contribution is -2.25. The fourth-order valence-corrected chi connectivity index (χ4v) is 3.18. The summed E-state index contributed by atoms with van der Waals surface area (Å²) < 4.78 is 0.651. The van der Waals surface area contributed by atoms with Gasteiger partial charge in [0.15, 0.2) is 0 Å². The monoisotopic (exact) mass is 402 g/mol. The first-order valence-electron chi connectivity index (χ1n) is 6.31. The van der Waals surface area contributed by atoms with Gasteiger partial charge in [-0.05, 0) is 34.2 Å². The highest BCUT2D eigenvalue weighted by molar-refractivity contribution is 14.1. The fourth-order valence-electron chi connectivity index (χ4n) is 1.91. The summed E-state index contributed by atoms with van der Waals surface area (Å²) in [5, 5.41) is 0.686. The number of hydrogen-bond acceptors (Lipinski definition) is 2. The van der Waals surface area contributed by atoms with Crippen LogP contribution in [-0.4, -0.2) is 9.97 Å². The molecule has 0 aliphatic heterocycles. The predicted molar refractivity (Wildman–Crippen MR) is 90.5 cm³/mol. The Morgan fingerprint density at radius 2 is 1.95 bits per heavy atom. The zero-order valence-electron chi connectivity index (χ0n) is 11.6. The van der Waals surface area contributed by atoms with Crippen molar-refractivity contribution in [2.45, 2.75) is 32.6 Å². The maximum absolute atomic E-state index is 12.0. The van der Waals surface area contributed by atoms with E-state index in [1.807, 2.05) is 24.3 Å². The highest BCUT2D eigenvalue weighted by atomic mass is 127. The van der Waals surface area contributed by atoms with Gasteiger partial charge in [0.25, 0.3) is 5.56 Å². The van der Waals surface area contributed by atoms with E-state index in [0.717, 1.165) is 11.3 Å². The van der Waals surface area contributed by atoms with Crippen LogP contribution in [0.15, 0.2) is 29.1 Å². The van der Waals surface area contributed by atoms with Gasteiger partial charge in [0.1, 0.15) is 9.39 Å². The minimum absolute atomic E-state index is 0.0902. The quantitative estimate of drug-likeness (QED) is 0.774. The van der Waals surface area contributed by atoms with Gasteiger partial charge in [-0.25, -0.2) is 4.98 Å². The van der Waals surface area contributed by atoms with Crippen LogP contribution in [0.1, 0.15) is 37.9 Å². The second-order valence-corrected chi connectivity index (χ2v) is 7.18. The Hall–Kier alpha value is -0.880. The molecular formula is C15H16ClIN2O. The van der Waals surface area contributed by atoms with Crippen LogP contribution < -0.4 is 5.56 Å². The minimum Gasteiger partial charge on any atom is -0.309 e. The van der Waals surface area contributed by atoms with Crippen LogP contribution in [0.2, 0.25) is 5.02 Å². The lowest BCUT2D eigenvalue weighted by Gasteiger charge is -2.19. The van der Waals surface area contributed by atoms with Gasteiger partial charge in [-0.3, -0.25) is 4.79 Å². The van der Waals surface area contributed by atoms with Gasteiger partial charge < -0.3 is 4.98 Å². The van der Waals surface area contributed by atoms with E-state index in [4.69, 9.17) is 11.6 Å². The van der Waals surface area contributed by atoms with Crippen molar-refractivity contribution in [3.63, 3.8) is 0 Å². The molecule has 1 heterocycles. The molecule has 3 nitrogen and oxygen atoms in total. The minimum atomic E-state index is -0.167. The Morgan fingerprint density at radius 3 is 2.55 bits per heavy atom. The van der Waals surface area contributed by atoms with Crippen molar-refractivity contribution in [3.05, 3.63) is 60.3 Å². The largest absolute Gasteiger partial charge is 0.309 e. The lowest BCUT2D eigenvalue weighted by molar-refractivity contribution is 0.556. The molecule has 0 saturated carbocycles. The number of benzene rings is 1. The molecule has 0 saturated heterocycles. The summed E-state index contributed by atoms with van der Waals surface area (Å²) in [6, 6.07) is 7.59. The van der Waals surface area contributed by atoms with E-state index in [-0.39, 0.29) is 11.0 Å². The number of nitrogens with zero attached hydrogens (tertiary/aromatic N) is 1. The third kappa shape index (κ3) is 3.41. The van der Waals surface area contributed by atoms with Gasteiger partial charge in [0.2, 0.25) is 0 Å². The van der Waals surface area contributed by atoms with Crippen LogP contribution in [0.4, 0.5) is 0 Å². The Bertz CT molecular complexity index is 689. The summed E-state index contributed by atoms with van der Waals surface area (Å²) in [5.41, 5.74) is 1.52. The smallest absolute Gasteiger partial charge is 0.264 e. The zero-order chi connectivity index (χ0) is 14.9. The van der Waals surface area contributed by atoms with Gasteiger partial charge >= 0.3 is 0 Å². The van der Waals surface area contributed by atoms with Gasteiger partial charge in [0, 0.05) is 16.9 Å². The van der Waals surface area contributed by atoms with Crippen molar-refractivity contribution in [1.29, 1.82) is 0 Å². The topological polar surface area (TPSA) is 45.8 Å². The van der Waals surface area contributed by atoms with Gasteiger partial charge in [-0.15, -0.1) is 0 Å². The summed E-state index contributed by atoms with van der Waals surface area (Å²) in [6.45, 7) is 6.16. The number of aromatic amines is 1. The first-order valence-corrected chi connectivity index (χ1v) is 7.77. The van der Waals surface area contributed by atoms with Crippen LogP contribution in [0, 0.1) is 3.57 Å². The number of hydrogen-bond donors (Lipinski definition) is 1. The molecule has 5 heteroatoms. The average Bonchev–Trinajstić information content (AvgIpc) is 2.35. The summed E-state index contributed by atoms with van der Waals surface area (Å²) in [4.78, 5) is 19.5. The molecule has 1 aromatic carbocycles. The first-order chi connectivity index (χ1) is 9.29. The van der Waals surface area contributed by atoms with Crippen LogP contribution in [-0.2, 0) is 11.8 Å². The third-order valence-electron chi connectivity index (χ3n) is 2.94. The molecule has 0 aliphatic rings. The molecule has 0 spiro atoms. The Morgan fingerprint density at radius 1 is 1.30 bits per heavy atom. The van der Waals surface area contributed by atoms with Crippen molar-refractivity contribution in [2.24, 2.45) is 0 Å². The van der Waals surface area contributed by atoms with Crippen molar-refractivity contribution >= 4 is 34.2 Å². The summed E-state index contributed by atoms with van der Waals surface area (Å²) in [6.07, 6.45) is 0.523. The van der Waals surface area contributed by atoms with Crippen LogP contribution in [0.25, 0.3) is 0 Å². The third-order valence-corrected chi connectivity index (χ3v) is 4.31. The summed E-state index contributed by atoms with van der Waals surface area (Å²) >= 11 is 8.21. The van der Waals surface area contributed by atoms with E-state index in [0.29, 0.717) is 20.8 Å². The standard InChI is InChI=1S/C15H16ClIN2O/c1-15(2,3)13-12(17)14(20)19-11(18-13)8-9-6-4-5-7-10(9)16/h4-7H,8H2,1-3H3,(H,18,19,20). The second-order valence-electron chi connectivity index (χ2n) is 5.69. The summed E-state index contributed by atoms with van der Waals surface area (Å²) in [5.74, 6) is 0.647. The van der Waals surface area contributed by atoms with Crippen molar-refractivity contribution in [2.75, 3.05) is 0 Å². The number of nitrogens with one attached hydrogen (secondary N) is 1. The molecule has 2 rings (SSSR count). The SMILES string of the molecule is CC(C)(C)c1nc(Cc2ccccc2Cl)[nH]c(=O)c1I. The highest BCUT2D eigenvalue weighted by Gasteiger charge is 2.22. The number of rotatable bonds is 2. The first kappa shape index (κ1) is 15.5. The van der Waals surface area contributed by atoms with Gasteiger partial charge in [-0.1, -0.05) is 50.6 Å². The maximum Gasteiger partial charge on any atom is 0.264 e. The molecule has 0 amide bonds. The lowest BCUT2D eigenvalue weighted by atomic mass is 9.92. The molecule has 0 unspecified atom stereocenters. The summed E-state index contributed by atoms with van der Waals surface area (Å²) in [7, 11) is 0. The Balaban J connectivity index is 2.47. The molecule has 0 fully saturated rings. The van der Waals surface area contributed by atoms with Crippen LogP contribution in [0.5, 0.6) is 0 Å². The Kier molecular flexibility index (Phi) is 4.54. The van der Waals surface area contributed by atoms with E-state index >= 15 is 0 Å². The van der Waals surface area contributed by atoms with Crippen molar-refractivity contribution in [1.82, 2.24) is 9.97 Å². The number of aromatic nitrogens is 2. The molecule has 1 aromatic heterocycles. The molecule has 0 bridgehead atoms. The molecule has 1 N–H and O–H groups in total. The van der Waals surface area contributed by atoms with Crippen molar-refractivity contribution < 1.29 is 0 Å². The van der Waals surface area contributed by atoms with E-state index in [9.17, 15) is 4.79 Å². The maximum atomic E-state index is 12.0. The number of halogens is 2. The van der Waals surface area contributed by atoms with Gasteiger partial charge in [0.05, 0.1) is 5.69 Å².